The summed E-state index contributed by atoms with van der Waals surface area (Å²) in [6.45, 7) is 3.61. The van der Waals surface area contributed by atoms with Gasteiger partial charge in [0.15, 0.2) is 11.7 Å². The molecule has 1 unspecified atom stereocenters. The largest absolute Gasteiger partial charge is 0.459 e. The minimum Gasteiger partial charge on any atom is -0.459 e. The molecule has 0 spiro atoms. The minimum atomic E-state index is -0.234. The molecule has 2 heterocycles. The summed E-state index contributed by atoms with van der Waals surface area (Å²) in [7, 11) is 5.34. The molecule has 0 saturated carbocycles. The monoisotopic (exact) mass is 507 g/mol. The standard InChI is InChI=1S/C17H25N5O3S.HI/c1-12(24-4)16-21-13(11-26-16)10-22(3)17(18-2)20-8-7-19-15(23)14-6-5-9-25-14;/h5-6,9,11-12H,7-8,10H2,1-4H3,(H,18,20)(H,19,23);1H. The number of carbonyl (C=O) groups excluding carboxylic acids is 1. The number of methoxy groups -OCH3 is 1. The fourth-order valence-electron chi connectivity index (χ4n) is 2.23. The second kappa shape index (κ2) is 11.9. The minimum absolute atomic E-state index is 0. The Morgan fingerprint density at radius 1 is 1.44 bits per heavy atom. The van der Waals surface area contributed by atoms with Crippen molar-refractivity contribution in [2.24, 2.45) is 4.99 Å². The molecule has 1 amide bonds. The van der Waals surface area contributed by atoms with Crippen molar-refractivity contribution in [2.45, 2.75) is 19.6 Å². The molecule has 0 aliphatic rings. The highest BCUT2D eigenvalue weighted by Crippen LogP contribution is 2.20. The molecule has 150 valence electrons. The van der Waals surface area contributed by atoms with Crippen molar-refractivity contribution in [3.8, 4) is 0 Å². The van der Waals surface area contributed by atoms with Gasteiger partial charge in [-0.2, -0.15) is 0 Å². The molecule has 0 aromatic carbocycles. The van der Waals surface area contributed by atoms with Crippen LogP contribution < -0.4 is 10.6 Å². The average molecular weight is 507 g/mol. The maximum absolute atomic E-state index is 11.8. The first-order valence-electron chi connectivity index (χ1n) is 8.25. The number of aromatic nitrogens is 1. The molecule has 2 N–H and O–H groups in total. The lowest BCUT2D eigenvalue weighted by molar-refractivity contribution is 0.0926. The highest BCUT2D eigenvalue weighted by atomic mass is 127. The van der Waals surface area contributed by atoms with Crippen LogP contribution in [0.4, 0.5) is 0 Å². The number of carbonyl (C=O) groups is 1. The van der Waals surface area contributed by atoms with Crippen molar-refractivity contribution in [1.82, 2.24) is 20.5 Å². The molecule has 2 aromatic heterocycles. The summed E-state index contributed by atoms with van der Waals surface area (Å²) >= 11 is 1.59. The van der Waals surface area contributed by atoms with Crippen LogP contribution in [0.15, 0.2) is 33.2 Å². The first-order valence-corrected chi connectivity index (χ1v) is 9.13. The number of guanidine groups is 1. The van der Waals surface area contributed by atoms with Crippen LogP contribution >= 0.6 is 35.3 Å². The van der Waals surface area contributed by atoms with E-state index < -0.39 is 0 Å². The van der Waals surface area contributed by atoms with E-state index in [0.717, 1.165) is 16.7 Å². The molecule has 0 fully saturated rings. The molecule has 8 nitrogen and oxygen atoms in total. The van der Waals surface area contributed by atoms with Gasteiger partial charge in [0.25, 0.3) is 5.91 Å². The number of aliphatic imine (C=N–C) groups is 1. The number of hydrogen-bond donors (Lipinski definition) is 2. The van der Waals surface area contributed by atoms with Gasteiger partial charge in [0, 0.05) is 39.7 Å². The fraction of sp³-hybridized carbons (Fsp3) is 0.471. The van der Waals surface area contributed by atoms with E-state index in [1.54, 1.807) is 37.6 Å². The lowest BCUT2D eigenvalue weighted by Crippen LogP contribution is -2.42. The molecule has 1 atom stereocenters. The quantitative estimate of drug-likeness (QED) is 0.247. The Bertz CT molecular complexity index is 720. The van der Waals surface area contributed by atoms with Crippen LogP contribution in [0.3, 0.4) is 0 Å². The number of rotatable bonds is 8. The molecule has 27 heavy (non-hydrogen) atoms. The number of nitrogens with zero attached hydrogens (tertiary/aromatic N) is 3. The summed E-state index contributed by atoms with van der Waals surface area (Å²) in [5, 5.41) is 8.98. The number of hydrogen-bond acceptors (Lipinski definition) is 6. The molecule has 0 radical (unpaired) electrons. The van der Waals surface area contributed by atoms with E-state index >= 15 is 0 Å². The average Bonchev–Trinajstić information content (AvgIpc) is 3.32. The molecule has 2 aromatic rings. The predicted octanol–water partition coefficient (Wildman–Crippen LogP) is 2.50. The van der Waals surface area contributed by atoms with Crippen molar-refractivity contribution >= 4 is 47.2 Å². The van der Waals surface area contributed by atoms with Gasteiger partial charge >= 0.3 is 0 Å². The van der Waals surface area contributed by atoms with Gasteiger partial charge in [0.2, 0.25) is 0 Å². The maximum Gasteiger partial charge on any atom is 0.287 e. The van der Waals surface area contributed by atoms with Crippen LogP contribution in [0.5, 0.6) is 0 Å². The first kappa shape index (κ1) is 23.4. The van der Waals surface area contributed by atoms with E-state index in [0.29, 0.717) is 25.4 Å². The molecule has 0 aliphatic carbocycles. The van der Waals surface area contributed by atoms with Gasteiger partial charge in [-0.25, -0.2) is 4.98 Å². The number of halogens is 1. The van der Waals surface area contributed by atoms with Gasteiger partial charge in [-0.15, -0.1) is 35.3 Å². The SMILES string of the molecule is CN=C(NCCNC(=O)c1ccco1)N(C)Cc1csc(C(C)OC)n1.I. The second-order valence-electron chi connectivity index (χ2n) is 5.62. The van der Waals surface area contributed by atoms with Gasteiger partial charge in [0.1, 0.15) is 11.1 Å². The van der Waals surface area contributed by atoms with Crippen LogP contribution in [0.1, 0.15) is 34.3 Å². The molecular formula is C17H26IN5O3S. The van der Waals surface area contributed by atoms with Crippen molar-refractivity contribution in [2.75, 3.05) is 34.3 Å². The third-order valence-corrected chi connectivity index (χ3v) is 4.74. The summed E-state index contributed by atoms with van der Waals surface area (Å²) in [6.07, 6.45) is 1.47. The summed E-state index contributed by atoms with van der Waals surface area (Å²) in [5.41, 5.74) is 0.963. The van der Waals surface area contributed by atoms with E-state index in [9.17, 15) is 4.79 Å². The maximum atomic E-state index is 11.8. The van der Waals surface area contributed by atoms with Crippen molar-refractivity contribution in [3.63, 3.8) is 0 Å². The summed E-state index contributed by atoms with van der Waals surface area (Å²) in [6, 6.07) is 3.31. The lowest BCUT2D eigenvalue weighted by Gasteiger charge is -2.21. The topological polar surface area (TPSA) is 92.0 Å². The van der Waals surface area contributed by atoms with E-state index in [4.69, 9.17) is 9.15 Å². The zero-order valence-electron chi connectivity index (χ0n) is 15.9. The van der Waals surface area contributed by atoms with Crippen LogP contribution in [-0.2, 0) is 11.3 Å². The number of ether oxygens (including phenoxy) is 1. The molecular weight excluding hydrogens is 481 g/mol. The Morgan fingerprint density at radius 3 is 2.81 bits per heavy atom. The summed E-state index contributed by atoms with van der Waals surface area (Å²) < 4.78 is 10.3. The van der Waals surface area contributed by atoms with Crippen molar-refractivity contribution in [3.05, 3.63) is 40.2 Å². The van der Waals surface area contributed by atoms with Gasteiger partial charge in [0.05, 0.1) is 18.5 Å². The normalized spacial score (nSPS) is 12.2. The molecule has 10 heteroatoms. The first-order chi connectivity index (χ1) is 12.5. The molecule has 0 saturated heterocycles. The fourth-order valence-corrected chi connectivity index (χ4v) is 3.07. The van der Waals surface area contributed by atoms with Crippen molar-refractivity contribution in [1.29, 1.82) is 0 Å². The summed E-state index contributed by atoms with van der Waals surface area (Å²) in [5.74, 6) is 0.796. The van der Waals surface area contributed by atoms with Crippen LogP contribution in [-0.4, -0.2) is 56.0 Å². The number of thiazole rings is 1. The number of amides is 1. The third-order valence-electron chi connectivity index (χ3n) is 3.68. The number of furan rings is 1. The highest BCUT2D eigenvalue weighted by Gasteiger charge is 2.13. The van der Waals surface area contributed by atoms with E-state index in [-0.39, 0.29) is 36.0 Å². The van der Waals surface area contributed by atoms with E-state index in [2.05, 4.69) is 20.6 Å². The highest BCUT2D eigenvalue weighted by molar-refractivity contribution is 14.0. The van der Waals surface area contributed by atoms with Crippen LogP contribution in [0.25, 0.3) is 0 Å². The zero-order valence-corrected chi connectivity index (χ0v) is 19.0. The van der Waals surface area contributed by atoms with Crippen LogP contribution in [0, 0.1) is 0 Å². The van der Waals surface area contributed by atoms with Gasteiger partial charge < -0.3 is 24.7 Å². The Labute approximate surface area is 180 Å². The Balaban J connectivity index is 0.00000364. The van der Waals surface area contributed by atoms with Crippen LogP contribution in [0.2, 0.25) is 0 Å². The van der Waals surface area contributed by atoms with Gasteiger partial charge in [-0.3, -0.25) is 9.79 Å². The Morgan fingerprint density at radius 2 is 2.19 bits per heavy atom. The predicted molar refractivity (Wildman–Crippen MR) is 117 cm³/mol. The van der Waals surface area contributed by atoms with Gasteiger partial charge in [-0.05, 0) is 19.1 Å². The third kappa shape index (κ3) is 7.11. The second-order valence-corrected chi connectivity index (χ2v) is 6.51. The Kier molecular flexibility index (Phi) is 10.3. The van der Waals surface area contributed by atoms with E-state index in [1.807, 2.05) is 24.3 Å². The Hall–Kier alpha value is -1.66. The molecule has 0 aliphatic heterocycles. The summed E-state index contributed by atoms with van der Waals surface area (Å²) in [4.78, 5) is 22.6. The molecule has 2 rings (SSSR count). The van der Waals surface area contributed by atoms with E-state index in [1.165, 1.54) is 6.26 Å². The number of nitrogens with one attached hydrogen (secondary N) is 2. The van der Waals surface area contributed by atoms with Gasteiger partial charge in [-0.1, -0.05) is 0 Å². The van der Waals surface area contributed by atoms with Crippen molar-refractivity contribution < 1.29 is 13.9 Å². The smallest absolute Gasteiger partial charge is 0.287 e. The molecule has 0 bridgehead atoms. The lowest BCUT2D eigenvalue weighted by atomic mass is 10.4. The zero-order chi connectivity index (χ0) is 18.9.